The van der Waals surface area contributed by atoms with Gasteiger partial charge in [-0.3, -0.25) is 9.48 Å². The molecule has 0 fully saturated rings. The lowest BCUT2D eigenvalue weighted by atomic mass is 10.2. The molecule has 1 aromatic carbocycles. The Morgan fingerprint density at radius 2 is 2.05 bits per heavy atom. The minimum Gasteiger partial charge on any atom is -0.348 e. The van der Waals surface area contributed by atoms with Crippen molar-refractivity contribution in [3.8, 4) is 0 Å². The third-order valence-corrected chi connectivity index (χ3v) is 4.08. The molecular formula is C14H17N3O3S. The van der Waals surface area contributed by atoms with Crippen LogP contribution >= 0.6 is 0 Å². The first-order valence-electron chi connectivity index (χ1n) is 6.45. The van der Waals surface area contributed by atoms with Crippen LogP contribution in [0.1, 0.15) is 17.3 Å². The summed E-state index contributed by atoms with van der Waals surface area (Å²) in [5.41, 5.74) is 0.160. The van der Waals surface area contributed by atoms with Crippen LogP contribution in [0.2, 0.25) is 0 Å². The van der Waals surface area contributed by atoms with Crippen molar-refractivity contribution in [1.29, 1.82) is 0 Å². The van der Waals surface area contributed by atoms with Crippen molar-refractivity contribution in [2.24, 2.45) is 0 Å². The van der Waals surface area contributed by atoms with Crippen molar-refractivity contribution in [2.45, 2.75) is 24.4 Å². The molecule has 1 aromatic heterocycles. The van der Waals surface area contributed by atoms with E-state index in [0.717, 1.165) is 6.26 Å². The van der Waals surface area contributed by atoms with Gasteiger partial charge in [-0.05, 0) is 25.1 Å². The van der Waals surface area contributed by atoms with E-state index in [9.17, 15) is 13.2 Å². The van der Waals surface area contributed by atoms with E-state index < -0.39 is 15.7 Å². The van der Waals surface area contributed by atoms with Crippen molar-refractivity contribution < 1.29 is 13.2 Å². The minimum atomic E-state index is -3.44. The summed E-state index contributed by atoms with van der Waals surface area (Å²) in [4.78, 5) is 12.3. The highest BCUT2D eigenvalue weighted by molar-refractivity contribution is 7.90. The maximum Gasteiger partial charge on any atom is 0.252 e. The van der Waals surface area contributed by atoms with Crippen molar-refractivity contribution in [2.75, 3.05) is 6.26 Å². The van der Waals surface area contributed by atoms with Gasteiger partial charge >= 0.3 is 0 Å². The molecular weight excluding hydrogens is 290 g/mol. The fourth-order valence-electron chi connectivity index (χ4n) is 2.01. The van der Waals surface area contributed by atoms with Gasteiger partial charge in [0.25, 0.3) is 5.91 Å². The number of hydrogen-bond donors (Lipinski definition) is 1. The van der Waals surface area contributed by atoms with Crippen molar-refractivity contribution in [3.05, 3.63) is 48.3 Å². The first kappa shape index (κ1) is 15.2. The Labute approximate surface area is 123 Å². The average Bonchev–Trinajstić information content (AvgIpc) is 2.90. The van der Waals surface area contributed by atoms with Crippen LogP contribution in [0.3, 0.4) is 0 Å². The molecule has 6 nitrogen and oxygen atoms in total. The second-order valence-electron chi connectivity index (χ2n) is 4.87. The summed E-state index contributed by atoms with van der Waals surface area (Å²) in [7, 11) is -3.44. The van der Waals surface area contributed by atoms with Crippen molar-refractivity contribution >= 4 is 15.7 Å². The van der Waals surface area contributed by atoms with E-state index in [1.165, 1.54) is 12.1 Å². The lowest BCUT2D eigenvalue weighted by molar-refractivity contribution is 0.0932. The topological polar surface area (TPSA) is 81.1 Å². The molecule has 0 aliphatic heterocycles. The van der Waals surface area contributed by atoms with Crippen molar-refractivity contribution in [1.82, 2.24) is 15.1 Å². The summed E-state index contributed by atoms with van der Waals surface area (Å²) >= 11 is 0. The van der Waals surface area contributed by atoms with E-state index in [1.807, 2.05) is 6.92 Å². The van der Waals surface area contributed by atoms with Gasteiger partial charge in [-0.15, -0.1) is 0 Å². The summed E-state index contributed by atoms with van der Waals surface area (Å²) in [6, 6.07) is 7.80. The normalized spacial score (nSPS) is 12.9. The highest BCUT2D eigenvalue weighted by Crippen LogP contribution is 2.15. The molecule has 1 heterocycles. The maximum atomic E-state index is 12.2. The molecule has 0 saturated heterocycles. The van der Waals surface area contributed by atoms with Crippen LogP contribution in [-0.2, 0) is 16.4 Å². The minimum absolute atomic E-state index is 0.0359. The Morgan fingerprint density at radius 1 is 1.33 bits per heavy atom. The van der Waals surface area contributed by atoms with Crippen molar-refractivity contribution in [3.63, 3.8) is 0 Å². The quantitative estimate of drug-likeness (QED) is 0.897. The van der Waals surface area contributed by atoms with E-state index in [-0.39, 0.29) is 16.5 Å². The van der Waals surface area contributed by atoms with Gasteiger partial charge in [0.1, 0.15) is 0 Å². The van der Waals surface area contributed by atoms with Gasteiger partial charge < -0.3 is 5.32 Å². The van der Waals surface area contributed by atoms with Gasteiger partial charge in [0.15, 0.2) is 9.84 Å². The first-order chi connectivity index (χ1) is 9.88. The number of nitrogens with zero attached hydrogens (tertiary/aromatic N) is 2. The van der Waals surface area contributed by atoms with E-state index in [1.54, 1.807) is 35.3 Å². The standard InChI is InChI=1S/C14H17N3O3S/c1-11(10-17-9-5-8-15-17)16-14(18)12-6-3-4-7-13(12)21(2,19)20/h3-9,11H,10H2,1-2H3,(H,16,18)/t11-/m1/s1. The van der Waals surface area contributed by atoms with Crippen LogP contribution in [0.15, 0.2) is 47.6 Å². The largest absolute Gasteiger partial charge is 0.348 e. The van der Waals surface area contributed by atoms with Crippen LogP contribution in [-0.4, -0.2) is 36.4 Å². The molecule has 0 aliphatic rings. The Hall–Kier alpha value is -2.15. The Kier molecular flexibility index (Phi) is 4.42. The Balaban J connectivity index is 2.14. The zero-order valence-electron chi connectivity index (χ0n) is 11.9. The molecule has 0 radical (unpaired) electrons. The number of amides is 1. The zero-order chi connectivity index (χ0) is 15.5. The molecule has 7 heteroatoms. The van der Waals surface area contributed by atoms with E-state index in [2.05, 4.69) is 10.4 Å². The molecule has 21 heavy (non-hydrogen) atoms. The number of sulfone groups is 1. The van der Waals surface area contributed by atoms with Gasteiger partial charge in [-0.25, -0.2) is 8.42 Å². The summed E-state index contributed by atoms with van der Waals surface area (Å²) in [5.74, 6) is -0.407. The molecule has 1 N–H and O–H groups in total. The molecule has 0 aliphatic carbocycles. The monoisotopic (exact) mass is 307 g/mol. The van der Waals surface area contributed by atoms with Crippen LogP contribution in [0.4, 0.5) is 0 Å². The lowest BCUT2D eigenvalue weighted by Gasteiger charge is -2.15. The average molecular weight is 307 g/mol. The fraction of sp³-hybridized carbons (Fsp3) is 0.286. The number of benzene rings is 1. The first-order valence-corrected chi connectivity index (χ1v) is 8.34. The summed E-state index contributed by atoms with van der Waals surface area (Å²) in [5, 5.41) is 6.85. The SMILES string of the molecule is C[C@H](Cn1cccn1)NC(=O)c1ccccc1S(C)(=O)=O. The molecule has 0 bridgehead atoms. The summed E-state index contributed by atoms with van der Waals surface area (Å²) in [6.45, 7) is 2.35. The van der Waals surface area contributed by atoms with E-state index in [0.29, 0.717) is 6.54 Å². The van der Waals surface area contributed by atoms with Gasteiger partial charge in [-0.1, -0.05) is 12.1 Å². The van der Waals surface area contributed by atoms with E-state index in [4.69, 9.17) is 0 Å². The Morgan fingerprint density at radius 3 is 2.67 bits per heavy atom. The number of rotatable bonds is 5. The van der Waals surface area contributed by atoms with Crippen LogP contribution in [0.25, 0.3) is 0 Å². The van der Waals surface area contributed by atoms with Gasteiger partial charge in [0.05, 0.1) is 17.0 Å². The second kappa shape index (κ2) is 6.09. The molecule has 1 atom stereocenters. The molecule has 2 rings (SSSR count). The molecule has 112 valence electrons. The predicted octanol–water partition coefficient (Wildman–Crippen LogP) is 1.11. The highest BCUT2D eigenvalue weighted by atomic mass is 32.2. The predicted molar refractivity (Wildman–Crippen MR) is 78.7 cm³/mol. The van der Waals surface area contributed by atoms with Gasteiger partial charge in [0, 0.05) is 24.7 Å². The van der Waals surface area contributed by atoms with Gasteiger partial charge in [0.2, 0.25) is 0 Å². The fourth-order valence-corrected chi connectivity index (χ4v) is 2.90. The number of carbonyl (C=O) groups is 1. The molecule has 1 amide bonds. The number of hydrogen-bond acceptors (Lipinski definition) is 4. The van der Waals surface area contributed by atoms with Crippen LogP contribution in [0, 0.1) is 0 Å². The lowest BCUT2D eigenvalue weighted by Crippen LogP contribution is -2.36. The molecule has 0 unspecified atom stereocenters. The van der Waals surface area contributed by atoms with Gasteiger partial charge in [-0.2, -0.15) is 5.10 Å². The smallest absolute Gasteiger partial charge is 0.252 e. The number of nitrogens with one attached hydrogen (secondary N) is 1. The molecule has 0 saturated carbocycles. The molecule has 0 spiro atoms. The third kappa shape index (κ3) is 3.91. The second-order valence-corrected chi connectivity index (χ2v) is 6.86. The van der Waals surface area contributed by atoms with Crippen LogP contribution in [0.5, 0.6) is 0 Å². The number of aromatic nitrogens is 2. The number of carbonyl (C=O) groups excluding carboxylic acids is 1. The maximum absolute atomic E-state index is 12.2. The van der Waals surface area contributed by atoms with Crippen LogP contribution < -0.4 is 5.32 Å². The third-order valence-electron chi connectivity index (χ3n) is 2.93. The molecule has 2 aromatic rings. The Bertz CT molecular complexity index is 724. The zero-order valence-corrected chi connectivity index (χ0v) is 12.7. The summed E-state index contributed by atoms with van der Waals surface area (Å²) < 4.78 is 25.1. The highest BCUT2D eigenvalue weighted by Gasteiger charge is 2.19. The summed E-state index contributed by atoms with van der Waals surface area (Å²) in [6.07, 6.45) is 4.55. The van der Waals surface area contributed by atoms with E-state index >= 15 is 0 Å².